The van der Waals surface area contributed by atoms with Gasteiger partial charge in [0, 0.05) is 32.0 Å². The predicted octanol–water partition coefficient (Wildman–Crippen LogP) is 0.921. The minimum atomic E-state index is -0.958. The van der Waals surface area contributed by atoms with Crippen LogP contribution in [0, 0.1) is 13.8 Å². The van der Waals surface area contributed by atoms with E-state index in [1.165, 1.54) is 11.3 Å². The maximum Gasteiger partial charge on any atom is 0.263 e. The van der Waals surface area contributed by atoms with Crippen LogP contribution in [-0.2, 0) is 0 Å². The van der Waals surface area contributed by atoms with Crippen LogP contribution in [0.3, 0.4) is 0 Å². The Kier molecular flexibility index (Phi) is 4.27. The van der Waals surface area contributed by atoms with Crippen molar-refractivity contribution >= 4 is 23.1 Å². The van der Waals surface area contributed by atoms with Crippen molar-refractivity contribution in [3.63, 3.8) is 0 Å². The minimum Gasteiger partial charge on any atom is -0.386 e. The molecule has 0 saturated carbocycles. The largest absolute Gasteiger partial charge is 0.386 e. The number of hydrogen-bond donors (Lipinski definition) is 2. The Morgan fingerprint density at radius 2 is 2.30 bits per heavy atom. The first kappa shape index (κ1) is 15.8. The summed E-state index contributed by atoms with van der Waals surface area (Å²) in [6, 6.07) is 0. The standard InChI is InChI=1S/C15H19N5O2S/c1-10-13(23-11(2)19-10)14(21)18-8-15(22)3-6-20(9-15)12-7-16-4-5-17-12/h4-5,7,22H,3,6,8-9H2,1-2H3,(H,18,21)/t15-/m0/s1. The maximum absolute atomic E-state index is 12.2. The summed E-state index contributed by atoms with van der Waals surface area (Å²) in [7, 11) is 0. The molecule has 1 amide bonds. The Hall–Kier alpha value is -2.06. The second-order valence-corrected chi connectivity index (χ2v) is 6.99. The van der Waals surface area contributed by atoms with Gasteiger partial charge in [0.05, 0.1) is 16.9 Å². The number of hydrogen-bond acceptors (Lipinski definition) is 7. The highest BCUT2D eigenvalue weighted by Gasteiger charge is 2.37. The average Bonchev–Trinajstić information content (AvgIpc) is 3.09. The van der Waals surface area contributed by atoms with E-state index in [1.807, 2.05) is 18.7 Å². The number of thiazole rings is 1. The van der Waals surface area contributed by atoms with E-state index in [1.54, 1.807) is 18.6 Å². The molecule has 2 aromatic heterocycles. The van der Waals surface area contributed by atoms with Crippen molar-refractivity contribution < 1.29 is 9.90 Å². The van der Waals surface area contributed by atoms with E-state index in [0.29, 0.717) is 24.4 Å². The molecule has 0 bridgehead atoms. The zero-order valence-corrected chi connectivity index (χ0v) is 13.9. The zero-order valence-electron chi connectivity index (χ0n) is 13.1. The lowest BCUT2D eigenvalue weighted by Crippen LogP contribution is -2.45. The third kappa shape index (κ3) is 3.48. The van der Waals surface area contributed by atoms with Crippen LogP contribution < -0.4 is 10.2 Å². The van der Waals surface area contributed by atoms with Gasteiger partial charge in [-0.1, -0.05) is 0 Å². The lowest BCUT2D eigenvalue weighted by molar-refractivity contribution is 0.0576. The maximum atomic E-state index is 12.2. The van der Waals surface area contributed by atoms with Crippen molar-refractivity contribution in [1.29, 1.82) is 0 Å². The van der Waals surface area contributed by atoms with Crippen LogP contribution in [0.2, 0.25) is 0 Å². The molecule has 0 radical (unpaired) electrons. The van der Waals surface area contributed by atoms with Crippen molar-refractivity contribution in [1.82, 2.24) is 20.3 Å². The quantitative estimate of drug-likeness (QED) is 0.865. The summed E-state index contributed by atoms with van der Waals surface area (Å²) in [6.07, 6.45) is 5.49. The van der Waals surface area contributed by atoms with E-state index in [2.05, 4.69) is 20.3 Å². The molecule has 122 valence electrons. The van der Waals surface area contributed by atoms with Gasteiger partial charge in [-0.25, -0.2) is 9.97 Å². The SMILES string of the molecule is Cc1nc(C)c(C(=O)NC[C@@]2(O)CCN(c3cnccn3)C2)s1. The van der Waals surface area contributed by atoms with E-state index in [4.69, 9.17) is 0 Å². The van der Waals surface area contributed by atoms with E-state index >= 15 is 0 Å². The van der Waals surface area contributed by atoms with Crippen LogP contribution in [0.4, 0.5) is 5.82 Å². The van der Waals surface area contributed by atoms with Crippen molar-refractivity contribution in [3.8, 4) is 0 Å². The van der Waals surface area contributed by atoms with Gasteiger partial charge >= 0.3 is 0 Å². The van der Waals surface area contributed by atoms with Crippen molar-refractivity contribution in [2.75, 3.05) is 24.5 Å². The average molecular weight is 333 g/mol. The molecule has 1 aliphatic heterocycles. The molecule has 3 rings (SSSR count). The summed E-state index contributed by atoms with van der Waals surface area (Å²) in [5.74, 6) is 0.558. The predicted molar refractivity (Wildman–Crippen MR) is 87.7 cm³/mol. The number of aromatic nitrogens is 3. The van der Waals surface area contributed by atoms with Gasteiger partial charge in [0.25, 0.3) is 5.91 Å². The lowest BCUT2D eigenvalue weighted by atomic mass is 10.0. The first-order chi connectivity index (χ1) is 11.0. The number of carbonyl (C=O) groups is 1. The van der Waals surface area contributed by atoms with Crippen LogP contribution in [0.1, 0.15) is 26.8 Å². The Morgan fingerprint density at radius 3 is 2.96 bits per heavy atom. The van der Waals surface area contributed by atoms with Gasteiger partial charge in [-0.05, 0) is 20.3 Å². The molecule has 0 unspecified atom stereocenters. The Balaban J connectivity index is 1.60. The highest BCUT2D eigenvalue weighted by atomic mass is 32.1. The molecule has 8 heteroatoms. The number of nitrogens with one attached hydrogen (secondary N) is 1. The van der Waals surface area contributed by atoms with Gasteiger partial charge in [0.2, 0.25) is 0 Å². The van der Waals surface area contributed by atoms with Crippen LogP contribution in [-0.4, -0.2) is 51.2 Å². The first-order valence-corrected chi connectivity index (χ1v) is 8.24. The fraction of sp³-hybridized carbons (Fsp3) is 0.467. The Labute approximate surface area is 138 Å². The number of aryl methyl sites for hydroxylation is 2. The monoisotopic (exact) mass is 333 g/mol. The summed E-state index contributed by atoms with van der Waals surface area (Å²) < 4.78 is 0. The van der Waals surface area contributed by atoms with Gasteiger partial charge in [0.1, 0.15) is 16.3 Å². The van der Waals surface area contributed by atoms with Crippen LogP contribution in [0.15, 0.2) is 18.6 Å². The summed E-state index contributed by atoms with van der Waals surface area (Å²) >= 11 is 1.37. The molecule has 23 heavy (non-hydrogen) atoms. The molecule has 1 aliphatic rings. The molecule has 7 nitrogen and oxygen atoms in total. The molecular weight excluding hydrogens is 314 g/mol. The van der Waals surface area contributed by atoms with Crippen molar-refractivity contribution in [2.24, 2.45) is 0 Å². The molecule has 1 saturated heterocycles. The molecule has 2 N–H and O–H groups in total. The third-order valence-corrected chi connectivity index (χ3v) is 4.97. The normalized spacial score (nSPS) is 20.7. The summed E-state index contributed by atoms with van der Waals surface area (Å²) in [5.41, 5.74) is -0.231. The number of rotatable bonds is 4. The van der Waals surface area contributed by atoms with Gasteiger partial charge in [0.15, 0.2) is 0 Å². The van der Waals surface area contributed by atoms with Gasteiger partial charge in [-0.3, -0.25) is 9.78 Å². The fourth-order valence-electron chi connectivity index (χ4n) is 2.72. The second-order valence-electron chi connectivity index (χ2n) is 5.79. The van der Waals surface area contributed by atoms with Crippen LogP contribution >= 0.6 is 11.3 Å². The second kappa shape index (κ2) is 6.21. The molecule has 0 aromatic carbocycles. The van der Waals surface area contributed by atoms with Gasteiger partial charge < -0.3 is 15.3 Å². The summed E-state index contributed by atoms with van der Waals surface area (Å²) in [6.45, 7) is 5.01. The Bertz CT molecular complexity index is 705. The summed E-state index contributed by atoms with van der Waals surface area (Å²) in [4.78, 5) is 27.4. The number of amides is 1. The molecule has 2 aromatic rings. The fourth-order valence-corrected chi connectivity index (χ4v) is 3.55. The van der Waals surface area contributed by atoms with Crippen molar-refractivity contribution in [2.45, 2.75) is 25.9 Å². The van der Waals surface area contributed by atoms with E-state index < -0.39 is 5.60 Å². The molecule has 1 fully saturated rings. The third-order valence-electron chi connectivity index (χ3n) is 3.89. The van der Waals surface area contributed by atoms with Gasteiger partial charge in [-0.15, -0.1) is 11.3 Å². The number of nitrogens with zero attached hydrogens (tertiary/aromatic N) is 4. The lowest BCUT2D eigenvalue weighted by Gasteiger charge is -2.24. The van der Waals surface area contributed by atoms with E-state index in [9.17, 15) is 9.90 Å². The molecule has 0 spiro atoms. The number of carbonyl (C=O) groups excluding carboxylic acids is 1. The zero-order chi connectivity index (χ0) is 16.4. The molecular formula is C15H19N5O2S. The topological polar surface area (TPSA) is 91.2 Å². The minimum absolute atomic E-state index is 0.181. The molecule has 0 aliphatic carbocycles. The number of anilines is 1. The van der Waals surface area contributed by atoms with Crippen molar-refractivity contribution in [3.05, 3.63) is 34.2 Å². The highest BCUT2D eigenvalue weighted by Crippen LogP contribution is 2.25. The van der Waals surface area contributed by atoms with E-state index in [0.717, 1.165) is 16.5 Å². The smallest absolute Gasteiger partial charge is 0.263 e. The van der Waals surface area contributed by atoms with Crippen LogP contribution in [0.5, 0.6) is 0 Å². The summed E-state index contributed by atoms with van der Waals surface area (Å²) in [5, 5.41) is 14.4. The molecule has 1 atom stereocenters. The first-order valence-electron chi connectivity index (χ1n) is 7.42. The number of β-amino-alcohol motifs (C(OH)–C–C–N with tert-alkyl or cyclic N) is 1. The Morgan fingerprint density at radius 1 is 1.48 bits per heavy atom. The number of aliphatic hydroxyl groups is 1. The highest BCUT2D eigenvalue weighted by molar-refractivity contribution is 7.13. The van der Waals surface area contributed by atoms with Crippen LogP contribution in [0.25, 0.3) is 0 Å². The molecule has 3 heterocycles. The van der Waals surface area contributed by atoms with E-state index in [-0.39, 0.29) is 12.5 Å². The van der Waals surface area contributed by atoms with Gasteiger partial charge in [-0.2, -0.15) is 0 Å².